The predicted molar refractivity (Wildman–Crippen MR) is 90.7 cm³/mol. The van der Waals surface area contributed by atoms with Gasteiger partial charge < -0.3 is 5.11 Å². The van der Waals surface area contributed by atoms with Crippen LogP contribution in [0.4, 0.5) is 5.69 Å². The van der Waals surface area contributed by atoms with Gasteiger partial charge in [-0.1, -0.05) is 12.1 Å². The van der Waals surface area contributed by atoms with E-state index >= 15 is 0 Å². The fraction of sp³-hybridized carbons (Fsp3) is 0.0588. The highest BCUT2D eigenvalue weighted by atomic mass is 32.2. The molecule has 0 atom stereocenters. The number of rotatable bonds is 4. The maximum atomic E-state index is 12.7. The van der Waals surface area contributed by atoms with Gasteiger partial charge in [0, 0.05) is 17.3 Å². The van der Waals surface area contributed by atoms with Gasteiger partial charge in [0.15, 0.2) is 0 Å². The minimum atomic E-state index is -3.85. The van der Waals surface area contributed by atoms with Crippen LogP contribution in [0.15, 0.2) is 59.6 Å². The number of sulfonamides is 1. The number of carboxylic acid groups (broad SMARTS) is 1. The smallest absolute Gasteiger partial charge is 0.335 e. The van der Waals surface area contributed by atoms with E-state index in [2.05, 4.69) is 9.71 Å². The van der Waals surface area contributed by atoms with Crippen LogP contribution in [-0.2, 0) is 10.0 Å². The fourth-order valence-electron chi connectivity index (χ4n) is 2.35. The summed E-state index contributed by atoms with van der Waals surface area (Å²) in [6.07, 6.45) is 1.61. The maximum absolute atomic E-state index is 12.7. The zero-order valence-corrected chi connectivity index (χ0v) is 13.5. The summed E-state index contributed by atoms with van der Waals surface area (Å²) >= 11 is 0. The van der Waals surface area contributed by atoms with E-state index in [-0.39, 0.29) is 16.1 Å². The van der Waals surface area contributed by atoms with Gasteiger partial charge in [-0.25, -0.2) is 13.2 Å². The Morgan fingerprint density at radius 3 is 2.50 bits per heavy atom. The lowest BCUT2D eigenvalue weighted by molar-refractivity contribution is 0.0697. The number of benzene rings is 2. The Balaban J connectivity index is 2.00. The Bertz CT molecular complexity index is 1030. The van der Waals surface area contributed by atoms with E-state index in [9.17, 15) is 13.2 Å². The Hall–Kier alpha value is -2.93. The van der Waals surface area contributed by atoms with Gasteiger partial charge in [-0.2, -0.15) is 0 Å². The van der Waals surface area contributed by atoms with Crippen LogP contribution in [0.2, 0.25) is 0 Å². The predicted octanol–water partition coefficient (Wildman–Crippen LogP) is 3.04. The summed E-state index contributed by atoms with van der Waals surface area (Å²) in [5.74, 6) is -1.07. The van der Waals surface area contributed by atoms with Crippen LogP contribution in [-0.4, -0.2) is 24.5 Å². The van der Waals surface area contributed by atoms with Crippen LogP contribution in [0.5, 0.6) is 0 Å². The second-order valence-corrected chi connectivity index (χ2v) is 6.98. The van der Waals surface area contributed by atoms with Crippen LogP contribution in [0.3, 0.4) is 0 Å². The quantitative estimate of drug-likeness (QED) is 0.759. The standard InChI is InChI=1S/C17H14N2O4S/c1-11-9-13-3-2-4-15(16(13)18-10-11)24(22,23)19-14-7-5-12(6-8-14)17(20)21/h2-10,19H,1H3,(H,20,21). The van der Waals surface area contributed by atoms with Crippen molar-refractivity contribution < 1.29 is 18.3 Å². The summed E-state index contributed by atoms with van der Waals surface area (Å²) in [5, 5.41) is 9.62. The largest absolute Gasteiger partial charge is 0.478 e. The first-order valence-corrected chi connectivity index (χ1v) is 8.57. The van der Waals surface area contributed by atoms with Crippen molar-refractivity contribution >= 4 is 32.6 Å². The molecule has 0 aliphatic rings. The molecule has 24 heavy (non-hydrogen) atoms. The van der Waals surface area contributed by atoms with Crippen molar-refractivity contribution in [2.75, 3.05) is 4.72 Å². The number of nitrogens with one attached hydrogen (secondary N) is 1. The lowest BCUT2D eigenvalue weighted by atomic mass is 10.2. The van der Waals surface area contributed by atoms with Gasteiger partial charge in [0.2, 0.25) is 0 Å². The molecule has 0 aliphatic carbocycles. The first-order valence-electron chi connectivity index (χ1n) is 7.08. The SMILES string of the molecule is Cc1cnc2c(S(=O)(=O)Nc3ccc(C(=O)O)cc3)cccc2c1. The van der Waals surface area contributed by atoms with Crippen LogP contribution in [0.25, 0.3) is 10.9 Å². The number of aromatic nitrogens is 1. The molecule has 1 heterocycles. The summed E-state index contributed by atoms with van der Waals surface area (Å²) in [6.45, 7) is 1.88. The van der Waals surface area contributed by atoms with Crippen molar-refractivity contribution in [2.24, 2.45) is 0 Å². The number of para-hydroxylation sites is 1. The van der Waals surface area contributed by atoms with Gasteiger partial charge in [0.1, 0.15) is 4.90 Å². The molecule has 2 aromatic carbocycles. The molecular formula is C17H14N2O4S. The second-order valence-electron chi connectivity index (χ2n) is 5.33. The van der Waals surface area contributed by atoms with Crippen molar-refractivity contribution in [3.8, 4) is 0 Å². The normalized spacial score (nSPS) is 11.4. The van der Waals surface area contributed by atoms with Crippen molar-refractivity contribution in [1.29, 1.82) is 0 Å². The molecule has 122 valence electrons. The number of hydrogen-bond acceptors (Lipinski definition) is 4. The van der Waals surface area contributed by atoms with Gasteiger partial charge in [0.25, 0.3) is 10.0 Å². The number of anilines is 1. The molecule has 3 aromatic rings. The Kier molecular flexibility index (Phi) is 3.94. The molecule has 0 amide bonds. The monoisotopic (exact) mass is 342 g/mol. The Morgan fingerprint density at radius 1 is 1.12 bits per heavy atom. The third-order valence-corrected chi connectivity index (χ3v) is 4.90. The van der Waals surface area contributed by atoms with Crippen molar-refractivity contribution in [2.45, 2.75) is 11.8 Å². The molecular weight excluding hydrogens is 328 g/mol. The number of carboxylic acids is 1. The highest BCUT2D eigenvalue weighted by Gasteiger charge is 2.18. The van der Waals surface area contributed by atoms with Gasteiger partial charge in [-0.15, -0.1) is 0 Å². The molecule has 1 aromatic heterocycles. The third kappa shape index (κ3) is 3.07. The number of nitrogens with zero attached hydrogens (tertiary/aromatic N) is 1. The average Bonchev–Trinajstić information content (AvgIpc) is 2.54. The van der Waals surface area contributed by atoms with Crippen LogP contribution in [0.1, 0.15) is 15.9 Å². The highest BCUT2D eigenvalue weighted by Crippen LogP contribution is 2.24. The van der Waals surface area contributed by atoms with E-state index < -0.39 is 16.0 Å². The lowest BCUT2D eigenvalue weighted by Crippen LogP contribution is -2.14. The number of fused-ring (bicyclic) bond motifs is 1. The number of hydrogen-bond donors (Lipinski definition) is 2. The first kappa shape index (κ1) is 15.9. The van der Waals surface area contributed by atoms with Gasteiger partial charge in [0.05, 0.1) is 11.1 Å². The highest BCUT2D eigenvalue weighted by molar-refractivity contribution is 7.93. The summed E-state index contributed by atoms with van der Waals surface area (Å²) < 4.78 is 27.8. The zero-order valence-electron chi connectivity index (χ0n) is 12.7. The second kappa shape index (κ2) is 5.93. The first-order chi connectivity index (χ1) is 11.4. The molecule has 0 spiro atoms. The van der Waals surface area contributed by atoms with E-state index in [1.807, 2.05) is 13.0 Å². The van der Waals surface area contributed by atoms with E-state index in [4.69, 9.17) is 5.11 Å². The van der Waals surface area contributed by atoms with Crippen LogP contribution >= 0.6 is 0 Å². The van der Waals surface area contributed by atoms with Crippen molar-refractivity contribution in [1.82, 2.24) is 4.98 Å². The molecule has 0 unspecified atom stereocenters. The molecule has 0 radical (unpaired) electrons. The summed E-state index contributed by atoms with van der Waals surface area (Å²) in [5.41, 5.74) is 1.69. The number of aromatic carboxylic acids is 1. The molecule has 2 N–H and O–H groups in total. The average molecular weight is 342 g/mol. The van der Waals surface area contributed by atoms with Crippen molar-refractivity contribution in [3.05, 3.63) is 65.9 Å². The van der Waals surface area contributed by atoms with E-state index in [0.29, 0.717) is 5.52 Å². The van der Waals surface area contributed by atoms with Crippen molar-refractivity contribution in [3.63, 3.8) is 0 Å². The molecule has 3 rings (SSSR count). The molecule has 0 saturated carbocycles. The lowest BCUT2D eigenvalue weighted by Gasteiger charge is -2.10. The topological polar surface area (TPSA) is 96.4 Å². The Morgan fingerprint density at radius 2 is 1.83 bits per heavy atom. The summed E-state index contributed by atoms with van der Waals surface area (Å²) in [4.78, 5) is 15.1. The molecule has 0 fully saturated rings. The minimum absolute atomic E-state index is 0.0716. The molecule has 0 saturated heterocycles. The minimum Gasteiger partial charge on any atom is -0.478 e. The number of carbonyl (C=O) groups is 1. The summed E-state index contributed by atoms with van der Waals surface area (Å²) in [7, 11) is -3.85. The van der Waals surface area contributed by atoms with Gasteiger partial charge in [-0.05, 0) is 48.9 Å². The maximum Gasteiger partial charge on any atom is 0.335 e. The molecule has 7 heteroatoms. The van der Waals surface area contributed by atoms with E-state index in [0.717, 1.165) is 10.9 Å². The van der Waals surface area contributed by atoms with E-state index in [1.165, 1.54) is 30.3 Å². The van der Waals surface area contributed by atoms with Crippen LogP contribution in [0, 0.1) is 6.92 Å². The summed E-state index contributed by atoms with van der Waals surface area (Å²) in [6, 6.07) is 12.3. The zero-order chi connectivity index (χ0) is 17.3. The van der Waals surface area contributed by atoms with Crippen LogP contribution < -0.4 is 4.72 Å². The molecule has 0 bridgehead atoms. The van der Waals surface area contributed by atoms with E-state index in [1.54, 1.807) is 18.3 Å². The number of pyridine rings is 1. The third-order valence-electron chi connectivity index (χ3n) is 3.48. The number of aryl methyl sites for hydroxylation is 1. The Labute approximate surface area is 138 Å². The van der Waals surface area contributed by atoms with Gasteiger partial charge in [-0.3, -0.25) is 9.71 Å². The molecule has 0 aliphatic heterocycles. The fourth-order valence-corrected chi connectivity index (χ4v) is 3.59. The molecule has 6 nitrogen and oxygen atoms in total. The van der Waals surface area contributed by atoms with Gasteiger partial charge >= 0.3 is 5.97 Å².